The van der Waals surface area contributed by atoms with Crippen molar-refractivity contribution in [1.82, 2.24) is 5.32 Å². The molecule has 0 bridgehead atoms. The Morgan fingerprint density at radius 2 is 1.63 bits per heavy atom. The molecule has 172 valence electrons. The Labute approximate surface area is 202 Å². The van der Waals surface area contributed by atoms with Crippen LogP contribution in [0.15, 0.2) is 96.6 Å². The summed E-state index contributed by atoms with van der Waals surface area (Å²) < 4.78 is 6.16. The van der Waals surface area contributed by atoms with Gasteiger partial charge in [-0.1, -0.05) is 78.4 Å². The molecule has 6 nitrogen and oxygen atoms in total. The highest BCUT2D eigenvalue weighted by Gasteiger charge is 2.37. The number of benzene rings is 4. The first-order valence-electron chi connectivity index (χ1n) is 11.2. The molecular weight excluding hydrogens is 440 g/mol. The van der Waals surface area contributed by atoms with Crippen LogP contribution in [-0.4, -0.2) is 17.8 Å². The molecule has 1 aliphatic rings. The number of imide groups is 2. The second-order valence-corrected chi connectivity index (χ2v) is 8.27. The van der Waals surface area contributed by atoms with E-state index >= 15 is 0 Å². The molecule has 0 radical (unpaired) electrons. The van der Waals surface area contributed by atoms with Crippen molar-refractivity contribution < 1.29 is 19.1 Å². The maximum absolute atomic E-state index is 13.4. The van der Waals surface area contributed by atoms with Gasteiger partial charge in [-0.2, -0.15) is 0 Å². The summed E-state index contributed by atoms with van der Waals surface area (Å²) in [6.45, 7) is 2.34. The molecule has 1 N–H and O–H groups in total. The smallest absolute Gasteiger partial charge is 0.335 e. The highest BCUT2D eigenvalue weighted by molar-refractivity contribution is 6.39. The Kier molecular flexibility index (Phi) is 5.85. The molecule has 1 heterocycles. The van der Waals surface area contributed by atoms with Crippen LogP contribution >= 0.6 is 0 Å². The lowest BCUT2D eigenvalue weighted by Gasteiger charge is -2.26. The number of amides is 4. The molecule has 0 unspecified atom stereocenters. The maximum atomic E-state index is 13.4. The molecule has 35 heavy (non-hydrogen) atoms. The number of aryl methyl sites for hydroxylation is 1. The number of carbonyl (C=O) groups is 3. The molecule has 0 spiro atoms. The van der Waals surface area contributed by atoms with E-state index in [2.05, 4.69) is 5.32 Å². The molecule has 0 saturated carbocycles. The van der Waals surface area contributed by atoms with Crippen molar-refractivity contribution in [2.75, 3.05) is 4.90 Å². The number of para-hydroxylation sites is 1. The minimum atomic E-state index is -0.780. The maximum Gasteiger partial charge on any atom is 0.335 e. The first-order valence-corrected chi connectivity index (χ1v) is 11.2. The van der Waals surface area contributed by atoms with Crippen molar-refractivity contribution in [3.63, 3.8) is 0 Å². The fourth-order valence-electron chi connectivity index (χ4n) is 4.13. The minimum Gasteiger partial charge on any atom is -0.488 e. The van der Waals surface area contributed by atoms with Crippen LogP contribution < -0.4 is 15.0 Å². The van der Waals surface area contributed by atoms with Crippen molar-refractivity contribution in [1.29, 1.82) is 0 Å². The first-order chi connectivity index (χ1) is 17.0. The fourth-order valence-corrected chi connectivity index (χ4v) is 4.13. The van der Waals surface area contributed by atoms with Gasteiger partial charge in [0, 0.05) is 5.56 Å². The molecule has 0 atom stereocenters. The minimum absolute atomic E-state index is 0.148. The summed E-state index contributed by atoms with van der Waals surface area (Å²) in [7, 11) is 0. The van der Waals surface area contributed by atoms with Crippen LogP contribution in [0.4, 0.5) is 10.5 Å². The van der Waals surface area contributed by atoms with E-state index in [-0.39, 0.29) is 5.57 Å². The third kappa shape index (κ3) is 4.42. The molecule has 1 aliphatic heterocycles. The van der Waals surface area contributed by atoms with E-state index in [1.807, 2.05) is 67.6 Å². The second-order valence-electron chi connectivity index (χ2n) is 8.27. The largest absolute Gasteiger partial charge is 0.488 e. The monoisotopic (exact) mass is 462 g/mol. The van der Waals surface area contributed by atoms with Crippen LogP contribution in [0, 0.1) is 6.92 Å². The average Bonchev–Trinajstić information content (AvgIpc) is 2.86. The van der Waals surface area contributed by atoms with Crippen LogP contribution in [0.3, 0.4) is 0 Å². The highest BCUT2D eigenvalue weighted by atomic mass is 16.5. The van der Waals surface area contributed by atoms with Crippen LogP contribution in [0.25, 0.3) is 16.8 Å². The Morgan fingerprint density at radius 3 is 2.43 bits per heavy atom. The Morgan fingerprint density at radius 1 is 0.857 bits per heavy atom. The van der Waals surface area contributed by atoms with Crippen LogP contribution in [-0.2, 0) is 16.2 Å². The number of hydrogen-bond acceptors (Lipinski definition) is 4. The van der Waals surface area contributed by atoms with E-state index in [1.165, 1.54) is 6.08 Å². The number of carbonyl (C=O) groups excluding carboxylic acids is 3. The number of barbiturate groups is 1. The summed E-state index contributed by atoms with van der Waals surface area (Å²) in [6.07, 6.45) is 1.51. The van der Waals surface area contributed by atoms with Crippen molar-refractivity contribution in [3.8, 4) is 5.75 Å². The summed E-state index contributed by atoms with van der Waals surface area (Å²) in [6, 6.07) is 27.2. The topological polar surface area (TPSA) is 75.7 Å². The number of nitrogens with zero attached hydrogens (tertiary/aromatic N) is 1. The zero-order valence-corrected chi connectivity index (χ0v) is 19.0. The fraction of sp³-hybridized carbons (Fsp3) is 0.0690. The third-order valence-electron chi connectivity index (χ3n) is 5.81. The number of anilines is 1. The number of nitrogens with one attached hydrogen (secondary N) is 1. The number of ether oxygens (including phenoxy) is 1. The first kappa shape index (κ1) is 22.1. The van der Waals surface area contributed by atoms with Crippen molar-refractivity contribution in [3.05, 3.63) is 113 Å². The molecule has 6 heteroatoms. The highest BCUT2D eigenvalue weighted by Crippen LogP contribution is 2.32. The molecule has 1 fully saturated rings. The van der Waals surface area contributed by atoms with Gasteiger partial charge >= 0.3 is 6.03 Å². The number of hydrogen-bond donors (Lipinski definition) is 1. The van der Waals surface area contributed by atoms with Crippen molar-refractivity contribution in [2.24, 2.45) is 0 Å². The van der Waals surface area contributed by atoms with Gasteiger partial charge in [0.05, 0.1) is 5.69 Å². The summed E-state index contributed by atoms with van der Waals surface area (Å²) in [5.41, 5.74) is 2.95. The van der Waals surface area contributed by atoms with E-state index in [1.54, 1.807) is 30.3 Å². The van der Waals surface area contributed by atoms with Crippen molar-refractivity contribution in [2.45, 2.75) is 13.5 Å². The zero-order valence-electron chi connectivity index (χ0n) is 19.0. The van der Waals surface area contributed by atoms with Crippen LogP contribution in [0.5, 0.6) is 5.75 Å². The molecule has 4 aromatic rings. The molecular formula is C29H22N2O4. The Bertz CT molecular complexity index is 1490. The SMILES string of the molecule is Cc1cccc(COc2ccc3ccccc3c2/C=C2\C(=O)NC(=O)N(c3ccccc3)C2=O)c1. The zero-order chi connectivity index (χ0) is 24.4. The lowest BCUT2D eigenvalue weighted by atomic mass is 9.99. The molecule has 1 saturated heterocycles. The molecule has 4 amide bonds. The summed E-state index contributed by atoms with van der Waals surface area (Å²) >= 11 is 0. The van der Waals surface area contributed by atoms with Gasteiger partial charge in [0.25, 0.3) is 11.8 Å². The lowest BCUT2D eigenvalue weighted by Crippen LogP contribution is -2.54. The molecule has 5 rings (SSSR count). The summed E-state index contributed by atoms with van der Waals surface area (Å²) in [4.78, 5) is 39.6. The average molecular weight is 463 g/mol. The summed E-state index contributed by atoms with van der Waals surface area (Å²) in [5.74, 6) is -0.909. The van der Waals surface area contributed by atoms with Crippen LogP contribution in [0.1, 0.15) is 16.7 Å². The van der Waals surface area contributed by atoms with Gasteiger partial charge in [-0.05, 0) is 47.5 Å². The number of urea groups is 1. The predicted molar refractivity (Wildman–Crippen MR) is 135 cm³/mol. The number of rotatable bonds is 5. The van der Waals surface area contributed by atoms with Crippen molar-refractivity contribution >= 4 is 40.4 Å². The van der Waals surface area contributed by atoms with Crippen LogP contribution in [0.2, 0.25) is 0 Å². The Hall–Kier alpha value is -4.71. The lowest BCUT2D eigenvalue weighted by molar-refractivity contribution is -0.122. The van der Waals surface area contributed by atoms with Gasteiger partial charge in [-0.3, -0.25) is 14.9 Å². The van der Waals surface area contributed by atoms with Gasteiger partial charge in [0.1, 0.15) is 17.9 Å². The normalized spacial score (nSPS) is 14.9. The van der Waals surface area contributed by atoms with Gasteiger partial charge < -0.3 is 4.74 Å². The van der Waals surface area contributed by atoms with E-state index in [0.717, 1.165) is 26.8 Å². The van der Waals surface area contributed by atoms with Gasteiger partial charge in [0.15, 0.2) is 0 Å². The third-order valence-corrected chi connectivity index (χ3v) is 5.81. The standard InChI is InChI=1S/C29H22N2O4/c1-19-8-7-9-20(16-19)18-35-26-15-14-21-10-5-6-13-23(21)24(26)17-25-27(32)30-29(34)31(28(25)33)22-11-3-2-4-12-22/h2-17H,18H2,1H3,(H,30,32,34)/b25-17+. The molecule has 0 aromatic heterocycles. The quantitative estimate of drug-likeness (QED) is 0.319. The summed E-state index contributed by atoms with van der Waals surface area (Å²) in [5, 5.41) is 4.04. The van der Waals surface area contributed by atoms with Gasteiger partial charge in [0.2, 0.25) is 0 Å². The van der Waals surface area contributed by atoms with Gasteiger partial charge in [-0.15, -0.1) is 0 Å². The number of fused-ring (bicyclic) bond motifs is 1. The molecule has 4 aromatic carbocycles. The Balaban J connectivity index is 1.58. The van der Waals surface area contributed by atoms with E-state index < -0.39 is 17.8 Å². The van der Waals surface area contributed by atoms with E-state index in [9.17, 15) is 14.4 Å². The predicted octanol–water partition coefficient (Wildman–Crippen LogP) is 5.39. The molecule has 0 aliphatic carbocycles. The van der Waals surface area contributed by atoms with E-state index in [0.29, 0.717) is 23.6 Å². The van der Waals surface area contributed by atoms with Gasteiger partial charge in [-0.25, -0.2) is 9.69 Å². The van der Waals surface area contributed by atoms with E-state index in [4.69, 9.17) is 4.74 Å². The second kappa shape index (κ2) is 9.27.